The molecule has 0 bridgehead atoms. The van der Waals surface area contributed by atoms with Gasteiger partial charge in [-0.2, -0.15) is 0 Å². The molecule has 0 amide bonds. The third kappa shape index (κ3) is 0.859. The second kappa shape index (κ2) is 1.89. The van der Waals surface area contributed by atoms with Crippen LogP contribution < -0.4 is 0 Å². The van der Waals surface area contributed by atoms with Crippen LogP contribution >= 0.6 is 11.6 Å². The summed E-state index contributed by atoms with van der Waals surface area (Å²) in [4.78, 5) is 3.23. The van der Waals surface area contributed by atoms with E-state index in [1.54, 1.807) is 0 Å². The molecule has 1 rings (SSSR count). The molecular formula is C5H5ClN2O. The third-order valence-corrected chi connectivity index (χ3v) is 1.84. The predicted octanol–water partition coefficient (Wildman–Crippen LogP) is 1.46. The van der Waals surface area contributed by atoms with Crippen molar-refractivity contribution in [2.45, 2.75) is 18.4 Å². The molecule has 0 aromatic heterocycles. The van der Waals surface area contributed by atoms with Crippen molar-refractivity contribution in [1.82, 2.24) is 0 Å². The van der Waals surface area contributed by atoms with Crippen molar-refractivity contribution < 1.29 is 5.21 Å². The molecule has 0 aromatic carbocycles. The summed E-state index contributed by atoms with van der Waals surface area (Å²) in [5.74, 6) is 0. The van der Waals surface area contributed by atoms with E-state index >= 15 is 0 Å². The molecule has 0 spiro atoms. The SMILES string of the molecule is [C-]#[N+]C1(/C(Cl)=N/O)CC1. The zero-order chi connectivity index (χ0) is 6.91. The van der Waals surface area contributed by atoms with E-state index in [0.717, 1.165) is 12.8 Å². The maximum atomic E-state index is 8.15. The molecule has 4 heteroatoms. The monoisotopic (exact) mass is 144 g/mol. The van der Waals surface area contributed by atoms with Gasteiger partial charge in [-0.1, -0.05) is 16.8 Å². The van der Waals surface area contributed by atoms with Gasteiger partial charge in [-0.3, -0.25) is 0 Å². The zero-order valence-corrected chi connectivity index (χ0v) is 5.39. The summed E-state index contributed by atoms with van der Waals surface area (Å²) in [6, 6.07) is 0. The predicted molar refractivity (Wildman–Crippen MR) is 33.6 cm³/mol. The molecule has 1 N–H and O–H groups in total. The fourth-order valence-corrected chi connectivity index (χ4v) is 0.807. The van der Waals surface area contributed by atoms with Crippen molar-refractivity contribution in [1.29, 1.82) is 0 Å². The lowest BCUT2D eigenvalue weighted by atomic mass is 10.3. The van der Waals surface area contributed by atoms with Gasteiger partial charge in [0.2, 0.25) is 5.17 Å². The van der Waals surface area contributed by atoms with Crippen molar-refractivity contribution in [3.63, 3.8) is 0 Å². The molecule has 0 radical (unpaired) electrons. The van der Waals surface area contributed by atoms with Crippen LogP contribution in [-0.2, 0) is 0 Å². The van der Waals surface area contributed by atoms with Gasteiger partial charge >= 0.3 is 0 Å². The average Bonchev–Trinajstić information content (AvgIpc) is 2.66. The van der Waals surface area contributed by atoms with Crippen LogP contribution in [0.2, 0.25) is 0 Å². The first-order chi connectivity index (χ1) is 4.25. The fraction of sp³-hybridized carbons (Fsp3) is 0.600. The summed E-state index contributed by atoms with van der Waals surface area (Å²) < 4.78 is 0. The van der Waals surface area contributed by atoms with Crippen molar-refractivity contribution in [3.05, 3.63) is 11.4 Å². The van der Waals surface area contributed by atoms with Crippen LogP contribution in [-0.4, -0.2) is 15.9 Å². The van der Waals surface area contributed by atoms with E-state index < -0.39 is 5.54 Å². The lowest BCUT2D eigenvalue weighted by Crippen LogP contribution is -2.11. The smallest absolute Gasteiger partial charge is 0.288 e. The van der Waals surface area contributed by atoms with Crippen LogP contribution in [0.3, 0.4) is 0 Å². The Morgan fingerprint density at radius 2 is 2.33 bits per heavy atom. The minimum atomic E-state index is -0.643. The van der Waals surface area contributed by atoms with E-state index in [4.69, 9.17) is 23.4 Å². The molecule has 1 saturated carbocycles. The number of oxime groups is 1. The van der Waals surface area contributed by atoms with Gasteiger partial charge in [0.15, 0.2) is 0 Å². The number of hydrogen-bond acceptors (Lipinski definition) is 2. The second-order valence-electron chi connectivity index (χ2n) is 2.03. The van der Waals surface area contributed by atoms with Gasteiger partial charge in [-0.25, -0.2) is 6.57 Å². The Hall–Kier alpha value is -0.750. The van der Waals surface area contributed by atoms with Crippen LogP contribution in [0.25, 0.3) is 4.85 Å². The quantitative estimate of drug-likeness (QED) is 0.257. The highest BCUT2D eigenvalue weighted by Crippen LogP contribution is 2.42. The minimum absolute atomic E-state index is 0.0255. The van der Waals surface area contributed by atoms with Crippen molar-refractivity contribution in [2.75, 3.05) is 0 Å². The highest BCUT2D eigenvalue weighted by atomic mass is 35.5. The summed E-state index contributed by atoms with van der Waals surface area (Å²) >= 11 is 5.41. The van der Waals surface area contributed by atoms with E-state index in [1.165, 1.54) is 0 Å². The Morgan fingerprint density at radius 3 is 2.44 bits per heavy atom. The summed E-state index contributed by atoms with van der Waals surface area (Å²) in [6.45, 7) is 6.65. The molecule has 1 aliphatic rings. The minimum Gasteiger partial charge on any atom is -0.410 e. The Balaban J connectivity index is 2.75. The maximum absolute atomic E-state index is 8.15. The van der Waals surface area contributed by atoms with Crippen LogP contribution in [0.1, 0.15) is 12.8 Å². The number of nitrogens with zero attached hydrogens (tertiary/aromatic N) is 2. The largest absolute Gasteiger partial charge is 0.410 e. The first kappa shape index (κ1) is 6.37. The molecule has 0 atom stereocenters. The summed E-state index contributed by atoms with van der Waals surface area (Å²) in [6.07, 6.45) is 1.44. The Morgan fingerprint density at radius 1 is 1.78 bits per heavy atom. The number of rotatable bonds is 1. The molecule has 1 aliphatic carbocycles. The molecular weight excluding hydrogens is 140 g/mol. The van der Waals surface area contributed by atoms with Crippen LogP contribution in [0, 0.1) is 6.57 Å². The van der Waals surface area contributed by atoms with E-state index in [9.17, 15) is 0 Å². The second-order valence-corrected chi connectivity index (χ2v) is 2.39. The molecule has 0 heterocycles. The van der Waals surface area contributed by atoms with Gasteiger partial charge in [0.25, 0.3) is 5.54 Å². The van der Waals surface area contributed by atoms with Gasteiger partial charge in [0.05, 0.1) is 0 Å². The van der Waals surface area contributed by atoms with Gasteiger partial charge < -0.3 is 10.1 Å². The van der Waals surface area contributed by atoms with Crippen LogP contribution in [0.15, 0.2) is 5.16 Å². The topological polar surface area (TPSA) is 37.0 Å². The normalized spacial score (nSPS) is 22.9. The molecule has 0 saturated heterocycles. The first-order valence-electron chi connectivity index (χ1n) is 2.52. The van der Waals surface area contributed by atoms with Crippen molar-refractivity contribution in [3.8, 4) is 0 Å². The Kier molecular flexibility index (Phi) is 1.34. The van der Waals surface area contributed by atoms with E-state index in [0.29, 0.717) is 0 Å². The lowest BCUT2D eigenvalue weighted by molar-refractivity contribution is 0.319. The van der Waals surface area contributed by atoms with E-state index in [2.05, 4.69) is 10.0 Å². The number of halogens is 1. The van der Waals surface area contributed by atoms with E-state index in [-0.39, 0.29) is 5.17 Å². The summed E-state index contributed by atoms with van der Waals surface area (Å²) in [5, 5.41) is 10.9. The average molecular weight is 145 g/mol. The maximum Gasteiger partial charge on any atom is 0.288 e. The molecule has 9 heavy (non-hydrogen) atoms. The molecule has 3 nitrogen and oxygen atoms in total. The highest BCUT2D eigenvalue weighted by Gasteiger charge is 2.56. The van der Waals surface area contributed by atoms with Gasteiger partial charge in [0, 0.05) is 12.8 Å². The lowest BCUT2D eigenvalue weighted by Gasteiger charge is -1.92. The van der Waals surface area contributed by atoms with E-state index in [1.807, 2.05) is 0 Å². The van der Waals surface area contributed by atoms with Crippen LogP contribution in [0.4, 0.5) is 0 Å². The molecule has 1 fully saturated rings. The van der Waals surface area contributed by atoms with Crippen molar-refractivity contribution in [2.24, 2.45) is 5.16 Å². The molecule has 0 aliphatic heterocycles. The standard InChI is InChI=1S/C5H5ClN2O/c1-7-5(2-3-5)4(6)8-9/h9H,2-3H2/b8-4-. The number of hydrogen-bond donors (Lipinski definition) is 1. The Labute approximate surface area is 57.7 Å². The molecule has 0 aromatic rings. The Bertz CT molecular complexity index is 190. The fourth-order valence-electron chi connectivity index (χ4n) is 0.576. The van der Waals surface area contributed by atoms with Gasteiger partial charge in [-0.15, -0.1) is 0 Å². The van der Waals surface area contributed by atoms with Crippen molar-refractivity contribution >= 4 is 16.8 Å². The van der Waals surface area contributed by atoms with Gasteiger partial charge in [0.1, 0.15) is 0 Å². The molecule has 0 unspecified atom stereocenters. The highest BCUT2D eigenvalue weighted by molar-refractivity contribution is 6.68. The zero-order valence-electron chi connectivity index (χ0n) is 4.63. The first-order valence-corrected chi connectivity index (χ1v) is 2.89. The van der Waals surface area contributed by atoms with Gasteiger partial charge in [-0.05, 0) is 0 Å². The van der Waals surface area contributed by atoms with Crippen LogP contribution in [0.5, 0.6) is 0 Å². The third-order valence-electron chi connectivity index (χ3n) is 1.41. The summed E-state index contributed by atoms with van der Waals surface area (Å²) in [5.41, 5.74) is -0.643. The molecule has 48 valence electrons. The summed E-state index contributed by atoms with van der Waals surface area (Å²) in [7, 11) is 0.